The zero-order valence-corrected chi connectivity index (χ0v) is 21.5. The first-order chi connectivity index (χ1) is 14.9. The average Bonchev–Trinajstić information content (AvgIpc) is 2.69. The number of phenolic OH excluding ortho intramolecular Hbond substituents is 1. The van der Waals surface area contributed by atoms with Crippen molar-refractivity contribution < 1.29 is 23.1 Å². The van der Waals surface area contributed by atoms with Crippen molar-refractivity contribution in [3.8, 4) is 17.2 Å². The van der Waals surface area contributed by atoms with Gasteiger partial charge in [-0.05, 0) is 87.2 Å². The van der Waals surface area contributed by atoms with Gasteiger partial charge in [0.2, 0.25) is 10.0 Å². The molecule has 32 heavy (non-hydrogen) atoms. The highest BCUT2D eigenvalue weighted by Crippen LogP contribution is 2.40. The molecule has 0 heterocycles. The second kappa shape index (κ2) is 9.35. The molecule has 9 heteroatoms. The SMILES string of the molecule is Cc1ccc(S(N)(=O)=O)c(C(=O)c2cc(Br)c(Oc3ccc(O)c(C(C)C)c3)c(Br)c2)c1. The van der Waals surface area contributed by atoms with E-state index >= 15 is 0 Å². The topological polar surface area (TPSA) is 107 Å². The lowest BCUT2D eigenvalue weighted by Gasteiger charge is -2.15. The molecule has 3 aromatic rings. The normalized spacial score (nSPS) is 11.6. The van der Waals surface area contributed by atoms with Gasteiger partial charge in [-0.25, -0.2) is 13.6 Å². The van der Waals surface area contributed by atoms with Crippen molar-refractivity contribution in [1.29, 1.82) is 0 Å². The van der Waals surface area contributed by atoms with Gasteiger partial charge >= 0.3 is 0 Å². The first-order valence-corrected chi connectivity index (χ1v) is 12.7. The number of ether oxygens (including phenoxy) is 1. The first kappa shape index (κ1) is 24.4. The van der Waals surface area contributed by atoms with Gasteiger partial charge in [0, 0.05) is 16.7 Å². The number of ketones is 1. The molecule has 0 saturated heterocycles. The van der Waals surface area contributed by atoms with Crippen LogP contribution in [0.15, 0.2) is 62.4 Å². The summed E-state index contributed by atoms with van der Waals surface area (Å²) >= 11 is 6.86. The van der Waals surface area contributed by atoms with Crippen LogP contribution in [0, 0.1) is 6.92 Å². The van der Waals surface area contributed by atoms with Crippen molar-refractivity contribution in [2.45, 2.75) is 31.6 Å². The molecule has 0 aliphatic carbocycles. The van der Waals surface area contributed by atoms with Crippen molar-refractivity contribution in [3.05, 3.63) is 79.7 Å². The lowest BCUT2D eigenvalue weighted by Crippen LogP contribution is -2.17. The van der Waals surface area contributed by atoms with E-state index in [0.717, 1.165) is 11.1 Å². The number of sulfonamides is 1. The Morgan fingerprint density at radius 1 is 1.03 bits per heavy atom. The van der Waals surface area contributed by atoms with E-state index < -0.39 is 15.8 Å². The van der Waals surface area contributed by atoms with Crippen LogP contribution in [0.4, 0.5) is 0 Å². The van der Waals surface area contributed by atoms with Crippen LogP contribution in [0.25, 0.3) is 0 Å². The number of benzene rings is 3. The standard InChI is InChI=1S/C23H21Br2NO5S/c1-12(2)16-11-15(5-6-20(16)27)31-23-18(24)9-14(10-19(23)25)22(28)17-8-13(3)4-7-21(17)32(26,29)30/h4-12,27H,1-3H3,(H2,26,29,30). The number of nitrogens with two attached hydrogens (primary N) is 1. The summed E-state index contributed by atoms with van der Waals surface area (Å²) in [5, 5.41) is 15.3. The predicted molar refractivity (Wildman–Crippen MR) is 130 cm³/mol. The summed E-state index contributed by atoms with van der Waals surface area (Å²) < 4.78 is 30.9. The molecule has 3 N–H and O–H groups in total. The van der Waals surface area contributed by atoms with E-state index in [1.54, 1.807) is 43.3 Å². The molecule has 0 bridgehead atoms. The van der Waals surface area contributed by atoms with Crippen LogP contribution in [0.2, 0.25) is 0 Å². The van der Waals surface area contributed by atoms with Crippen LogP contribution < -0.4 is 9.88 Å². The lowest BCUT2D eigenvalue weighted by atomic mass is 10.0. The number of aryl methyl sites for hydroxylation is 1. The van der Waals surface area contributed by atoms with E-state index in [9.17, 15) is 18.3 Å². The second-order valence-corrected chi connectivity index (χ2v) is 10.9. The number of carbonyl (C=O) groups excluding carboxylic acids is 1. The molecular weight excluding hydrogens is 562 g/mol. The van der Waals surface area contributed by atoms with Crippen LogP contribution in [-0.4, -0.2) is 19.3 Å². The van der Waals surface area contributed by atoms with E-state index in [-0.39, 0.29) is 27.7 Å². The number of halogens is 2. The molecule has 3 aromatic carbocycles. The molecule has 0 unspecified atom stereocenters. The third-order valence-corrected chi connectivity index (χ3v) is 6.93. The third kappa shape index (κ3) is 5.23. The van der Waals surface area contributed by atoms with E-state index in [2.05, 4.69) is 31.9 Å². The maximum Gasteiger partial charge on any atom is 0.238 e. The van der Waals surface area contributed by atoms with Crippen LogP contribution in [0.1, 0.15) is 46.8 Å². The summed E-state index contributed by atoms with van der Waals surface area (Å²) in [7, 11) is -4.08. The van der Waals surface area contributed by atoms with Gasteiger partial charge in [-0.15, -0.1) is 0 Å². The Balaban J connectivity index is 2.01. The summed E-state index contributed by atoms with van der Waals surface area (Å²) in [6.07, 6.45) is 0. The van der Waals surface area contributed by atoms with Crippen molar-refractivity contribution in [3.63, 3.8) is 0 Å². The lowest BCUT2D eigenvalue weighted by molar-refractivity contribution is 0.103. The van der Waals surface area contributed by atoms with Gasteiger partial charge in [0.1, 0.15) is 11.5 Å². The molecule has 3 rings (SSSR count). The minimum atomic E-state index is -4.08. The van der Waals surface area contributed by atoms with Gasteiger partial charge in [0.25, 0.3) is 0 Å². The third-order valence-electron chi connectivity index (χ3n) is 4.79. The average molecular weight is 583 g/mol. The Morgan fingerprint density at radius 3 is 2.22 bits per heavy atom. The zero-order valence-electron chi connectivity index (χ0n) is 17.5. The Bertz CT molecular complexity index is 1300. The summed E-state index contributed by atoms with van der Waals surface area (Å²) in [4.78, 5) is 12.9. The van der Waals surface area contributed by atoms with E-state index in [1.165, 1.54) is 12.1 Å². The summed E-state index contributed by atoms with van der Waals surface area (Å²) in [6.45, 7) is 5.69. The number of aromatic hydroxyl groups is 1. The molecule has 0 saturated carbocycles. The van der Waals surface area contributed by atoms with Gasteiger partial charge in [0.05, 0.1) is 13.8 Å². The minimum Gasteiger partial charge on any atom is -0.508 e. The zero-order chi connectivity index (χ0) is 23.8. The number of primary sulfonamides is 1. The molecule has 0 atom stereocenters. The number of hydrogen-bond acceptors (Lipinski definition) is 5. The number of phenols is 1. The van der Waals surface area contributed by atoms with Crippen molar-refractivity contribution in [2.75, 3.05) is 0 Å². The largest absolute Gasteiger partial charge is 0.508 e. The van der Waals surface area contributed by atoms with Crippen LogP contribution in [0.5, 0.6) is 17.2 Å². The molecule has 0 aliphatic heterocycles. The van der Waals surface area contributed by atoms with Crippen LogP contribution >= 0.6 is 31.9 Å². The van der Waals surface area contributed by atoms with Crippen LogP contribution in [0.3, 0.4) is 0 Å². The summed E-state index contributed by atoms with van der Waals surface area (Å²) in [5.74, 6) is 0.750. The fourth-order valence-electron chi connectivity index (χ4n) is 3.19. The fourth-order valence-corrected chi connectivity index (χ4v) is 5.25. The van der Waals surface area contributed by atoms with Crippen molar-refractivity contribution >= 4 is 47.7 Å². The second-order valence-electron chi connectivity index (χ2n) is 7.62. The molecule has 0 spiro atoms. The quantitative estimate of drug-likeness (QED) is 0.346. The van der Waals surface area contributed by atoms with Crippen LogP contribution in [-0.2, 0) is 10.0 Å². The molecule has 0 amide bonds. The monoisotopic (exact) mass is 581 g/mol. The highest BCUT2D eigenvalue weighted by atomic mass is 79.9. The molecule has 168 valence electrons. The molecule has 6 nitrogen and oxygen atoms in total. The van der Waals surface area contributed by atoms with Gasteiger partial charge in [-0.2, -0.15) is 0 Å². The van der Waals surface area contributed by atoms with Gasteiger partial charge in [0.15, 0.2) is 11.5 Å². The van der Waals surface area contributed by atoms with E-state index in [4.69, 9.17) is 9.88 Å². The van der Waals surface area contributed by atoms with E-state index in [1.807, 2.05) is 13.8 Å². The maximum absolute atomic E-state index is 13.2. The van der Waals surface area contributed by atoms with Crippen molar-refractivity contribution in [1.82, 2.24) is 0 Å². The molecule has 0 fully saturated rings. The van der Waals surface area contributed by atoms with E-state index in [0.29, 0.717) is 20.4 Å². The number of carbonyl (C=O) groups is 1. The minimum absolute atomic E-state index is 0.0000724. The maximum atomic E-state index is 13.2. The van der Waals surface area contributed by atoms with Gasteiger partial charge < -0.3 is 9.84 Å². The first-order valence-electron chi connectivity index (χ1n) is 9.56. The number of hydrogen-bond donors (Lipinski definition) is 2. The highest BCUT2D eigenvalue weighted by Gasteiger charge is 2.23. The summed E-state index contributed by atoms with van der Waals surface area (Å²) in [6, 6.07) is 12.5. The van der Waals surface area contributed by atoms with Crippen molar-refractivity contribution in [2.24, 2.45) is 5.14 Å². The predicted octanol–water partition coefficient (Wildman–Crippen LogP) is 6.02. The Hall–Kier alpha value is -2.20. The molecule has 0 radical (unpaired) electrons. The summed E-state index contributed by atoms with van der Waals surface area (Å²) in [5.41, 5.74) is 1.73. The molecule has 0 aliphatic rings. The van der Waals surface area contributed by atoms with Gasteiger partial charge in [-0.3, -0.25) is 4.79 Å². The smallest absolute Gasteiger partial charge is 0.238 e. The Morgan fingerprint density at radius 2 is 1.66 bits per heavy atom. The Labute approximate surface area is 203 Å². The molecular formula is C23H21Br2NO5S. The fraction of sp³-hybridized carbons (Fsp3) is 0.174. The highest BCUT2D eigenvalue weighted by molar-refractivity contribution is 9.11. The Kier molecular flexibility index (Phi) is 7.14. The number of rotatable bonds is 6. The van der Waals surface area contributed by atoms with Gasteiger partial charge in [-0.1, -0.05) is 25.5 Å². The molecule has 0 aromatic heterocycles.